The molecule has 0 unspecified atom stereocenters. The van der Waals surface area contributed by atoms with E-state index in [0.717, 1.165) is 18.9 Å². The lowest BCUT2D eigenvalue weighted by molar-refractivity contribution is -0.104. The highest BCUT2D eigenvalue weighted by Crippen LogP contribution is 2.40. The summed E-state index contributed by atoms with van der Waals surface area (Å²) >= 11 is 1.49. The lowest BCUT2D eigenvalue weighted by Crippen LogP contribution is -2.00. The fourth-order valence-electron chi connectivity index (χ4n) is 1.18. The van der Waals surface area contributed by atoms with Crippen molar-refractivity contribution in [1.82, 2.24) is 0 Å². The van der Waals surface area contributed by atoms with Gasteiger partial charge in [0.2, 0.25) is 5.78 Å². The van der Waals surface area contributed by atoms with Crippen molar-refractivity contribution in [3.05, 3.63) is 29.6 Å². The van der Waals surface area contributed by atoms with Crippen molar-refractivity contribution < 1.29 is 14.0 Å². The van der Waals surface area contributed by atoms with Crippen LogP contribution < -0.4 is 0 Å². The van der Waals surface area contributed by atoms with Crippen molar-refractivity contribution in [2.24, 2.45) is 0 Å². The molecular formula is C11H9FO2S. The smallest absolute Gasteiger partial charge is 0.225 e. The third-order valence-corrected chi connectivity index (χ3v) is 3.53. The minimum absolute atomic E-state index is 0.114. The van der Waals surface area contributed by atoms with Crippen molar-refractivity contribution in [3.63, 3.8) is 0 Å². The molecule has 0 bridgehead atoms. The van der Waals surface area contributed by atoms with E-state index in [1.165, 1.54) is 17.8 Å². The minimum atomic E-state index is -0.683. The zero-order valence-electron chi connectivity index (χ0n) is 7.90. The van der Waals surface area contributed by atoms with Crippen LogP contribution in [-0.2, 0) is 4.79 Å². The maximum atomic E-state index is 13.4. The predicted octanol–water partition coefficient (Wildman–Crippen LogP) is 2.46. The Morgan fingerprint density at radius 1 is 1.47 bits per heavy atom. The van der Waals surface area contributed by atoms with Crippen molar-refractivity contribution in [2.45, 2.75) is 23.0 Å². The molecule has 78 valence electrons. The second-order valence-electron chi connectivity index (χ2n) is 3.44. The normalized spacial score (nSPS) is 15.0. The SMILES string of the molecule is O=CC(=O)c1ccc(SC2CC2)c(F)c1. The van der Waals surface area contributed by atoms with Gasteiger partial charge in [0, 0.05) is 15.7 Å². The number of aldehydes is 1. The Kier molecular flexibility index (Phi) is 2.86. The van der Waals surface area contributed by atoms with Gasteiger partial charge in [-0.15, -0.1) is 11.8 Å². The van der Waals surface area contributed by atoms with Crippen LogP contribution in [0, 0.1) is 5.82 Å². The highest BCUT2D eigenvalue weighted by atomic mass is 32.2. The van der Waals surface area contributed by atoms with E-state index < -0.39 is 11.6 Å². The average molecular weight is 224 g/mol. The summed E-state index contributed by atoms with van der Waals surface area (Å²) in [6.07, 6.45) is 2.45. The lowest BCUT2D eigenvalue weighted by atomic mass is 10.1. The third-order valence-electron chi connectivity index (χ3n) is 2.14. The number of carbonyl (C=O) groups excluding carboxylic acids is 2. The Hall–Kier alpha value is -1.16. The predicted molar refractivity (Wildman–Crippen MR) is 55.7 cm³/mol. The van der Waals surface area contributed by atoms with E-state index in [-0.39, 0.29) is 11.8 Å². The highest BCUT2D eigenvalue weighted by Gasteiger charge is 2.24. The summed E-state index contributed by atoms with van der Waals surface area (Å²) in [5.74, 6) is -1.10. The van der Waals surface area contributed by atoms with Gasteiger partial charge >= 0.3 is 0 Å². The van der Waals surface area contributed by atoms with Gasteiger partial charge in [-0.2, -0.15) is 0 Å². The van der Waals surface area contributed by atoms with Crippen LogP contribution in [0.1, 0.15) is 23.2 Å². The summed E-state index contributed by atoms with van der Waals surface area (Å²) in [6.45, 7) is 0. The maximum absolute atomic E-state index is 13.4. The monoisotopic (exact) mass is 224 g/mol. The molecule has 1 aliphatic rings. The summed E-state index contributed by atoms with van der Waals surface area (Å²) in [6, 6.07) is 4.18. The zero-order chi connectivity index (χ0) is 10.8. The Morgan fingerprint density at radius 3 is 2.73 bits per heavy atom. The molecule has 0 saturated heterocycles. The van der Waals surface area contributed by atoms with Crippen molar-refractivity contribution in [2.75, 3.05) is 0 Å². The molecule has 0 aliphatic heterocycles. The zero-order valence-corrected chi connectivity index (χ0v) is 8.72. The van der Waals surface area contributed by atoms with Gasteiger partial charge in [-0.25, -0.2) is 4.39 Å². The molecule has 2 nitrogen and oxygen atoms in total. The van der Waals surface area contributed by atoms with E-state index in [0.29, 0.717) is 10.1 Å². The topological polar surface area (TPSA) is 34.1 Å². The Bertz CT molecular complexity index is 413. The van der Waals surface area contributed by atoms with Crippen LogP contribution in [0.2, 0.25) is 0 Å². The molecule has 0 amide bonds. The number of hydrogen-bond acceptors (Lipinski definition) is 3. The Balaban J connectivity index is 2.21. The summed E-state index contributed by atoms with van der Waals surface area (Å²) in [7, 11) is 0. The fourth-order valence-corrected chi connectivity index (χ4v) is 2.23. The summed E-state index contributed by atoms with van der Waals surface area (Å²) in [5.41, 5.74) is 0.114. The van der Waals surface area contributed by atoms with E-state index in [2.05, 4.69) is 0 Å². The van der Waals surface area contributed by atoms with Gasteiger partial charge in [-0.05, 0) is 31.0 Å². The van der Waals surface area contributed by atoms with E-state index >= 15 is 0 Å². The number of thioether (sulfide) groups is 1. The number of carbonyl (C=O) groups is 2. The maximum Gasteiger partial charge on any atom is 0.225 e. The van der Waals surface area contributed by atoms with Crippen LogP contribution >= 0.6 is 11.8 Å². The third kappa shape index (κ3) is 2.45. The van der Waals surface area contributed by atoms with Crippen molar-refractivity contribution >= 4 is 23.8 Å². The van der Waals surface area contributed by atoms with E-state index in [9.17, 15) is 14.0 Å². The van der Waals surface area contributed by atoms with Crippen LogP contribution in [0.3, 0.4) is 0 Å². The molecule has 1 aromatic rings. The Labute approximate surface area is 90.9 Å². The number of hydrogen-bond donors (Lipinski definition) is 0. The molecule has 1 aliphatic carbocycles. The quantitative estimate of drug-likeness (QED) is 0.447. The molecular weight excluding hydrogens is 215 g/mol. The summed E-state index contributed by atoms with van der Waals surface area (Å²) < 4.78 is 13.4. The van der Waals surface area contributed by atoms with Gasteiger partial charge in [-0.1, -0.05) is 0 Å². The molecule has 15 heavy (non-hydrogen) atoms. The van der Waals surface area contributed by atoms with Crippen molar-refractivity contribution in [3.8, 4) is 0 Å². The van der Waals surface area contributed by atoms with Gasteiger partial charge in [0.05, 0.1) is 0 Å². The lowest BCUT2D eigenvalue weighted by Gasteiger charge is -2.02. The second kappa shape index (κ2) is 4.14. The molecule has 0 atom stereocenters. The highest BCUT2D eigenvalue weighted by molar-refractivity contribution is 8.00. The first-order valence-corrected chi connectivity index (χ1v) is 5.54. The molecule has 0 spiro atoms. The average Bonchev–Trinajstić information content (AvgIpc) is 3.04. The number of ketones is 1. The van der Waals surface area contributed by atoms with E-state index in [1.807, 2.05) is 0 Å². The molecule has 0 radical (unpaired) electrons. The van der Waals surface area contributed by atoms with Crippen LogP contribution in [0.4, 0.5) is 4.39 Å². The van der Waals surface area contributed by atoms with Crippen molar-refractivity contribution in [1.29, 1.82) is 0 Å². The van der Waals surface area contributed by atoms with Crippen LogP contribution in [0.5, 0.6) is 0 Å². The molecule has 1 saturated carbocycles. The van der Waals surface area contributed by atoms with Gasteiger partial charge in [0.15, 0.2) is 6.29 Å². The molecule has 0 aromatic heterocycles. The number of rotatable bonds is 4. The first kappa shape index (κ1) is 10.4. The van der Waals surface area contributed by atoms with Crippen LogP contribution in [-0.4, -0.2) is 17.3 Å². The van der Waals surface area contributed by atoms with Crippen LogP contribution in [0.15, 0.2) is 23.1 Å². The molecule has 4 heteroatoms. The summed E-state index contributed by atoms with van der Waals surface area (Å²) in [4.78, 5) is 21.7. The largest absolute Gasteiger partial charge is 0.294 e. The number of halogens is 1. The number of Topliss-reactive ketones (excluding diaryl/α,β-unsaturated/α-hetero) is 1. The molecule has 0 heterocycles. The van der Waals surface area contributed by atoms with E-state index in [4.69, 9.17) is 0 Å². The van der Waals surface area contributed by atoms with Gasteiger partial charge in [-0.3, -0.25) is 9.59 Å². The molecule has 2 rings (SSSR count). The molecule has 1 aromatic carbocycles. The van der Waals surface area contributed by atoms with E-state index in [1.54, 1.807) is 6.07 Å². The summed E-state index contributed by atoms with van der Waals surface area (Å²) in [5, 5.41) is 0.520. The fraction of sp³-hybridized carbons (Fsp3) is 0.273. The minimum Gasteiger partial charge on any atom is -0.294 e. The molecule has 0 N–H and O–H groups in total. The van der Waals surface area contributed by atoms with Gasteiger partial charge < -0.3 is 0 Å². The van der Waals surface area contributed by atoms with Gasteiger partial charge in [0.1, 0.15) is 5.82 Å². The van der Waals surface area contributed by atoms with Gasteiger partial charge in [0.25, 0.3) is 0 Å². The van der Waals surface area contributed by atoms with Crippen LogP contribution in [0.25, 0.3) is 0 Å². The first-order valence-electron chi connectivity index (χ1n) is 4.66. The standard InChI is InChI=1S/C11H9FO2S/c12-9-5-7(10(14)6-13)1-4-11(9)15-8-2-3-8/h1,4-6,8H,2-3H2. The second-order valence-corrected chi connectivity index (χ2v) is 4.79. The Morgan fingerprint density at radius 2 is 2.20 bits per heavy atom. The first-order chi connectivity index (χ1) is 7.20. The number of benzene rings is 1. The molecule has 1 fully saturated rings.